The van der Waals surface area contributed by atoms with E-state index >= 15 is 0 Å². The number of rotatable bonds is 7. The van der Waals surface area contributed by atoms with Crippen molar-refractivity contribution in [2.75, 3.05) is 6.54 Å². The summed E-state index contributed by atoms with van der Waals surface area (Å²) in [6.07, 6.45) is 11.3. The minimum atomic E-state index is 0.970. The van der Waals surface area contributed by atoms with E-state index in [0.717, 1.165) is 25.8 Å². The molecule has 0 aromatic carbocycles. The minimum absolute atomic E-state index is 0.970. The summed E-state index contributed by atoms with van der Waals surface area (Å²) in [4.78, 5) is 0. The van der Waals surface area contributed by atoms with E-state index in [2.05, 4.69) is 38.2 Å². The van der Waals surface area contributed by atoms with Gasteiger partial charge in [0, 0.05) is 6.54 Å². The van der Waals surface area contributed by atoms with E-state index < -0.39 is 0 Å². The highest BCUT2D eigenvalue weighted by Gasteiger charge is 1.94. The van der Waals surface area contributed by atoms with Gasteiger partial charge in [-0.05, 0) is 51.6 Å². The van der Waals surface area contributed by atoms with Gasteiger partial charge in [-0.15, -0.1) is 0 Å². The first-order valence-electron chi connectivity index (χ1n) is 5.70. The molecule has 86 valence electrons. The van der Waals surface area contributed by atoms with Gasteiger partial charge in [0.25, 0.3) is 0 Å². The lowest BCUT2D eigenvalue weighted by atomic mass is 10.1. The molecular weight excluding hydrogens is 184 g/mol. The largest absolute Gasteiger partial charge is 0.405 e. The van der Waals surface area contributed by atoms with E-state index in [4.69, 9.17) is 5.73 Å². The van der Waals surface area contributed by atoms with Gasteiger partial charge >= 0.3 is 0 Å². The summed E-state index contributed by atoms with van der Waals surface area (Å²) in [5.41, 5.74) is 8.06. The van der Waals surface area contributed by atoms with Crippen LogP contribution in [0.4, 0.5) is 0 Å². The summed E-state index contributed by atoms with van der Waals surface area (Å²) in [6.45, 7) is 7.29. The van der Waals surface area contributed by atoms with E-state index in [1.54, 1.807) is 6.20 Å². The van der Waals surface area contributed by atoms with Crippen LogP contribution in [0.1, 0.15) is 40.0 Å². The average Bonchev–Trinajstić information content (AvgIpc) is 2.25. The highest BCUT2D eigenvalue weighted by molar-refractivity contribution is 5.19. The van der Waals surface area contributed by atoms with Crippen molar-refractivity contribution in [3.8, 4) is 0 Å². The molecule has 3 N–H and O–H groups in total. The molecule has 0 aliphatic heterocycles. The van der Waals surface area contributed by atoms with Crippen molar-refractivity contribution in [1.29, 1.82) is 0 Å². The molecule has 0 radical (unpaired) electrons. The predicted octanol–water partition coefficient (Wildman–Crippen LogP) is 3.09. The van der Waals surface area contributed by atoms with Crippen LogP contribution < -0.4 is 11.1 Å². The molecule has 0 aromatic rings. The Bertz CT molecular complexity index is 237. The number of hydrogen-bond donors (Lipinski definition) is 2. The van der Waals surface area contributed by atoms with Crippen molar-refractivity contribution in [2.24, 2.45) is 5.73 Å². The summed E-state index contributed by atoms with van der Waals surface area (Å²) in [5, 5.41) is 3.18. The third kappa shape index (κ3) is 7.86. The molecule has 0 heterocycles. The van der Waals surface area contributed by atoms with Crippen LogP contribution in [0, 0.1) is 0 Å². The topological polar surface area (TPSA) is 38.0 Å². The van der Waals surface area contributed by atoms with Crippen molar-refractivity contribution in [2.45, 2.75) is 40.0 Å². The monoisotopic (exact) mass is 208 g/mol. The molecule has 0 aromatic heterocycles. The maximum atomic E-state index is 5.44. The molecule has 0 unspecified atom stereocenters. The lowest BCUT2D eigenvalue weighted by Crippen LogP contribution is -2.01. The van der Waals surface area contributed by atoms with Crippen molar-refractivity contribution < 1.29 is 0 Å². The van der Waals surface area contributed by atoms with Gasteiger partial charge in [-0.2, -0.15) is 0 Å². The van der Waals surface area contributed by atoms with Crippen LogP contribution in [-0.2, 0) is 0 Å². The Labute approximate surface area is 93.9 Å². The van der Waals surface area contributed by atoms with Crippen LogP contribution in [0.15, 0.2) is 35.7 Å². The van der Waals surface area contributed by atoms with E-state index in [1.165, 1.54) is 11.1 Å². The molecule has 15 heavy (non-hydrogen) atoms. The molecule has 0 spiro atoms. The second kappa shape index (κ2) is 9.38. The van der Waals surface area contributed by atoms with Gasteiger partial charge in [0.15, 0.2) is 0 Å². The molecule has 0 saturated heterocycles. The minimum Gasteiger partial charge on any atom is -0.405 e. The first-order valence-corrected chi connectivity index (χ1v) is 5.70. The number of nitrogens with one attached hydrogen (secondary N) is 1. The molecular formula is C13H24N2. The summed E-state index contributed by atoms with van der Waals surface area (Å²) < 4.78 is 0. The second-order valence-corrected chi connectivity index (χ2v) is 3.59. The van der Waals surface area contributed by atoms with E-state index in [0.29, 0.717) is 0 Å². The van der Waals surface area contributed by atoms with Crippen molar-refractivity contribution in [3.63, 3.8) is 0 Å². The van der Waals surface area contributed by atoms with E-state index in [-0.39, 0.29) is 0 Å². The van der Waals surface area contributed by atoms with Crippen LogP contribution in [0.25, 0.3) is 0 Å². The highest BCUT2D eigenvalue weighted by atomic mass is 14.8. The summed E-state index contributed by atoms with van der Waals surface area (Å²) in [5.74, 6) is 0. The number of allylic oxidation sites excluding steroid dienone is 4. The Morgan fingerprint density at radius 3 is 2.53 bits per heavy atom. The number of nitrogens with two attached hydrogens (primary N) is 1. The van der Waals surface area contributed by atoms with Gasteiger partial charge in [-0.1, -0.05) is 24.1 Å². The fourth-order valence-corrected chi connectivity index (χ4v) is 1.22. The Morgan fingerprint density at radius 2 is 2.00 bits per heavy atom. The van der Waals surface area contributed by atoms with Crippen LogP contribution in [0.2, 0.25) is 0 Å². The summed E-state index contributed by atoms with van der Waals surface area (Å²) in [7, 11) is 0. The van der Waals surface area contributed by atoms with Crippen molar-refractivity contribution in [3.05, 3.63) is 35.7 Å². The SMILES string of the molecule is CC/C=C(\C=C/NCC)CC/C(C)=C/N. The molecule has 0 rings (SSSR count). The van der Waals surface area contributed by atoms with Crippen molar-refractivity contribution in [1.82, 2.24) is 5.32 Å². The summed E-state index contributed by atoms with van der Waals surface area (Å²) in [6, 6.07) is 0. The molecule has 2 nitrogen and oxygen atoms in total. The predicted molar refractivity (Wildman–Crippen MR) is 68.4 cm³/mol. The highest BCUT2D eigenvalue weighted by Crippen LogP contribution is 2.12. The molecule has 0 bridgehead atoms. The zero-order chi connectivity index (χ0) is 11.5. The Morgan fingerprint density at radius 1 is 1.27 bits per heavy atom. The van der Waals surface area contributed by atoms with Gasteiger partial charge in [-0.25, -0.2) is 0 Å². The third-order valence-corrected chi connectivity index (χ3v) is 2.18. The lowest BCUT2D eigenvalue weighted by molar-refractivity contribution is 0.902. The number of hydrogen-bond acceptors (Lipinski definition) is 2. The van der Waals surface area contributed by atoms with E-state index in [9.17, 15) is 0 Å². The first kappa shape index (κ1) is 13.8. The molecule has 0 aliphatic carbocycles. The fraction of sp³-hybridized carbons (Fsp3) is 0.538. The first-order chi connectivity index (χ1) is 7.24. The third-order valence-electron chi connectivity index (χ3n) is 2.18. The lowest BCUT2D eigenvalue weighted by Gasteiger charge is -2.03. The maximum absolute atomic E-state index is 5.44. The van der Waals surface area contributed by atoms with Gasteiger partial charge in [0.05, 0.1) is 0 Å². The molecule has 0 aliphatic rings. The average molecular weight is 208 g/mol. The van der Waals surface area contributed by atoms with Crippen LogP contribution >= 0.6 is 0 Å². The molecule has 0 saturated carbocycles. The quantitative estimate of drug-likeness (QED) is 0.631. The van der Waals surface area contributed by atoms with Crippen molar-refractivity contribution >= 4 is 0 Å². The van der Waals surface area contributed by atoms with Crippen LogP contribution in [0.5, 0.6) is 0 Å². The smallest absolute Gasteiger partial charge is 0.0113 e. The second-order valence-electron chi connectivity index (χ2n) is 3.59. The summed E-state index contributed by atoms with van der Waals surface area (Å²) >= 11 is 0. The standard InChI is InChI=1S/C13H24N2/c1-4-6-13(9-10-15-5-2)8-7-12(3)11-14/h6,9-11,15H,4-5,7-8,14H2,1-3H3/b10-9-,12-11+,13-6-. The Kier molecular flexibility index (Phi) is 8.64. The molecule has 2 heteroatoms. The van der Waals surface area contributed by atoms with Gasteiger partial charge < -0.3 is 11.1 Å². The maximum Gasteiger partial charge on any atom is 0.0113 e. The van der Waals surface area contributed by atoms with Crippen LogP contribution in [-0.4, -0.2) is 6.54 Å². The van der Waals surface area contributed by atoms with Gasteiger partial charge in [0.1, 0.15) is 0 Å². The molecule has 0 atom stereocenters. The van der Waals surface area contributed by atoms with Crippen LogP contribution in [0.3, 0.4) is 0 Å². The Hall–Kier alpha value is -1.18. The van der Waals surface area contributed by atoms with Gasteiger partial charge in [-0.3, -0.25) is 0 Å². The fourth-order valence-electron chi connectivity index (χ4n) is 1.22. The Balaban J connectivity index is 4.11. The molecule has 0 amide bonds. The molecule has 0 fully saturated rings. The zero-order valence-corrected chi connectivity index (χ0v) is 10.2. The normalized spacial score (nSPS) is 13.5. The van der Waals surface area contributed by atoms with Gasteiger partial charge in [0.2, 0.25) is 0 Å². The zero-order valence-electron chi connectivity index (χ0n) is 10.2. The van der Waals surface area contributed by atoms with E-state index in [1.807, 2.05) is 6.20 Å².